The third-order valence-electron chi connectivity index (χ3n) is 1.90. The van der Waals surface area contributed by atoms with Crippen LogP contribution in [0.4, 0.5) is 0 Å². The highest BCUT2D eigenvalue weighted by Crippen LogP contribution is 2.17. The summed E-state index contributed by atoms with van der Waals surface area (Å²) in [4.78, 5) is 23.6. The van der Waals surface area contributed by atoms with Crippen molar-refractivity contribution in [2.45, 2.75) is 33.1 Å². The highest BCUT2D eigenvalue weighted by atomic mass is 16.2. The van der Waals surface area contributed by atoms with Crippen LogP contribution in [0.15, 0.2) is 11.8 Å². The maximum atomic E-state index is 11.2. The molecule has 12 heavy (non-hydrogen) atoms. The van der Waals surface area contributed by atoms with Gasteiger partial charge in [0.2, 0.25) is 11.8 Å². The number of carbonyl (C=O) groups excluding carboxylic acids is 2. The maximum Gasteiger partial charge on any atom is 0.233 e. The van der Waals surface area contributed by atoms with Gasteiger partial charge in [0.25, 0.3) is 0 Å². The molecule has 0 aliphatic carbocycles. The van der Waals surface area contributed by atoms with Crippen molar-refractivity contribution in [2.24, 2.45) is 0 Å². The van der Waals surface area contributed by atoms with Gasteiger partial charge in [-0.2, -0.15) is 0 Å². The lowest BCUT2D eigenvalue weighted by Gasteiger charge is -2.13. The molecule has 1 heterocycles. The Hall–Kier alpha value is -1.12. The van der Waals surface area contributed by atoms with Crippen LogP contribution in [0.5, 0.6) is 0 Å². The zero-order valence-electron chi connectivity index (χ0n) is 7.46. The standard InChI is InChI=1S/C9H13NO2/c1-3-4-7(2)10-8(11)5-6-9(10)12/h4H,3,5-6H2,1-2H3. The Morgan fingerprint density at radius 1 is 1.42 bits per heavy atom. The number of imide groups is 1. The van der Waals surface area contributed by atoms with Crippen molar-refractivity contribution in [1.82, 2.24) is 4.90 Å². The van der Waals surface area contributed by atoms with Gasteiger partial charge in [0.05, 0.1) is 0 Å². The number of carbonyl (C=O) groups is 2. The van der Waals surface area contributed by atoms with Crippen molar-refractivity contribution in [2.75, 3.05) is 0 Å². The van der Waals surface area contributed by atoms with Crippen LogP contribution >= 0.6 is 0 Å². The zero-order chi connectivity index (χ0) is 9.14. The molecular formula is C9H13NO2. The normalized spacial score (nSPS) is 19.2. The number of amides is 2. The second-order valence-electron chi connectivity index (χ2n) is 2.88. The molecule has 0 atom stereocenters. The van der Waals surface area contributed by atoms with Crippen LogP contribution in [-0.4, -0.2) is 16.7 Å². The molecule has 0 aromatic heterocycles. The summed E-state index contributed by atoms with van der Waals surface area (Å²) in [5.74, 6) is -0.135. The summed E-state index contributed by atoms with van der Waals surface area (Å²) in [6.07, 6.45) is 3.48. The molecule has 3 heteroatoms. The number of hydrogen-bond acceptors (Lipinski definition) is 2. The van der Waals surface area contributed by atoms with Crippen LogP contribution in [0.2, 0.25) is 0 Å². The van der Waals surface area contributed by atoms with Gasteiger partial charge in [0.1, 0.15) is 0 Å². The highest BCUT2D eigenvalue weighted by molar-refractivity contribution is 6.03. The van der Waals surface area contributed by atoms with Crippen LogP contribution < -0.4 is 0 Å². The highest BCUT2D eigenvalue weighted by Gasteiger charge is 2.29. The van der Waals surface area contributed by atoms with Crippen molar-refractivity contribution < 1.29 is 9.59 Å². The molecule has 1 fully saturated rings. The molecule has 0 unspecified atom stereocenters. The number of likely N-dealkylation sites (tertiary alicyclic amines) is 1. The number of rotatable bonds is 2. The molecule has 0 aromatic rings. The van der Waals surface area contributed by atoms with E-state index in [0.29, 0.717) is 12.8 Å². The van der Waals surface area contributed by atoms with Gasteiger partial charge < -0.3 is 0 Å². The Kier molecular flexibility index (Phi) is 2.63. The third kappa shape index (κ3) is 1.55. The minimum absolute atomic E-state index is 0.0674. The third-order valence-corrected chi connectivity index (χ3v) is 1.90. The molecule has 66 valence electrons. The molecular weight excluding hydrogens is 154 g/mol. The van der Waals surface area contributed by atoms with E-state index in [-0.39, 0.29) is 11.8 Å². The predicted molar refractivity (Wildman–Crippen MR) is 45.1 cm³/mol. The molecule has 0 bridgehead atoms. The molecule has 2 amide bonds. The van der Waals surface area contributed by atoms with Gasteiger partial charge in [0, 0.05) is 18.5 Å². The number of allylic oxidation sites excluding steroid dienone is 2. The fourth-order valence-corrected chi connectivity index (χ4v) is 1.36. The summed E-state index contributed by atoms with van der Waals surface area (Å²) in [6.45, 7) is 3.78. The lowest BCUT2D eigenvalue weighted by atomic mass is 10.3. The fourth-order valence-electron chi connectivity index (χ4n) is 1.36. The smallest absolute Gasteiger partial charge is 0.233 e. The van der Waals surface area contributed by atoms with E-state index in [2.05, 4.69) is 0 Å². The summed E-state index contributed by atoms with van der Waals surface area (Å²) in [6, 6.07) is 0. The molecule has 1 rings (SSSR count). The lowest BCUT2D eigenvalue weighted by molar-refractivity contribution is -0.135. The molecule has 1 saturated heterocycles. The molecule has 1 aliphatic heterocycles. The average molecular weight is 167 g/mol. The Labute approximate surface area is 72.0 Å². The largest absolute Gasteiger partial charge is 0.274 e. The van der Waals surface area contributed by atoms with E-state index in [9.17, 15) is 9.59 Å². The second kappa shape index (κ2) is 3.52. The molecule has 0 spiro atoms. The Balaban J connectivity index is 2.79. The second-order valence-corrected chi connectivity index (χ2v) is 2.88. The molecule has 0 aromatic carbocycles. The van der Waals surface area contributed by atoms with Crippen LogP contribution in [0.3, 0.4) is 0 Å². The summed E-state index contributed by atoms with van der Waals surface area (Å²) < 4.78 is 0. The topological polar surface area (TPSA) is 37.4 Å². The summed E-state index contributed by atoms with van der Waals surface area (Å²) >= 11 is 0. The van der Waals surface area contributed by atoms with Gasteiger partial charge in [-0.1, -0.05) is 13.0 Å². The van der Waals surface area contributed by atoms with Gasteiger partial charge in [0.15, 0.2) is 0 Å². The quantitative estimate of drug-likeness (QED) is 0.584. The number of hydrogen-bond donors (Lipinski definition) is 0. The summed E-state index contributed by atoms with van der Waals surface area (Å²) in [5.41, 5.74) is 0.769. The van der Waals surface area contributed by atoms with Gasteiger partial charge in [-0.15, -0.1) is 0 Å². The van der Waals surface area contributed by atoms with E-state index >= 15 is 0 Å². The van der Waals surface area contributed by atoms with E-state index in [1.807, 2.05) is 13.0 Å². The van der Waals surface area contributed by atoms with E-state index in [0.717, 1.165) is 12.1 Å². The first-order valence-electron chi connectivity index (χ1n) is 4.19. The average Bonchev–Trinajstić information content (AvgIpc) is 2.32. The molecule has 0 radical (unpaired) electrons. The Morgan fingerprint density at radius 3 is 2.33 bits per heavy atom. The first-order valence-corrected chi connectivity index (χ1v) is 4.19. The molecule has 0 saturated carbocycles. The van der Waals surface area contributed by atoms with Gasteiger partial charge in [-0.25, -0.2) is 0 Å². The SMILES string of the molecule is CCC=C(C)N1C(=O)CCC1=O. The lowest BCUT2D eigenvalue weighted by Crippen LogP contribution is -2.26. The van der Waals surface area contributed by atoms with Crippen molar-refractivity contribution in [3.8, 4) is 0 Å². The zero-order valence-corrected chi connectivity index (χ0v) is 7.46. The fraction of sp³-hybridized carbons (Fsp3) is 0.556. The van der Waals surface area contributed by atoms with Crippen LogP contribution in [-0.2, 0) is 9.59 Å². The van der Waals surface area contributed by atoms with Crippen LogP contribution in [0, 0.1) is 0 Å². The molecule has 0 N–H and O–H groups in total. The van der Waals surface area contributed by atoms with E-state index < -0.39 is 0 Å². The predicted octanol–water partition coefficient (Wildman–Crippen LogP) is 1.45. The molecule has 1 aliphatic rings. The van der Waals surface area contributed by atoms with Gasteiger partial charge >= 0.3 is 0 Å². The first-order chi connectivity index (χ1) is 5.66. The molecule has 3 nitrogen and oxygen atoms in total. The minimum Gasteiger partial charge on any atom is -0.274 e. The minimum atomic E-state index is -0.0674. The van der Waals surface area contributed by atoms with Crippen molar-refractivity contribution in [3.05, 3.63) is 11.8 Å². The van der Waals surface area contributed by atoms with Gasteiger partial charge in [-0.3, -0.25) is 14.5 Å². The van der Waals surface area contributed by atoms with Crippen molar-refractivity contribution in [3.63, 3.8) is 0 Å². The van der Waals surface area contributed by atoms with E-state index in [1.54, 1.807) is 6.92 Å². The van der Waals surface area contributed by atoms with Crippen molar-refractivity contribution >= 4 is 11.8 Å². The van der Waals surface area contributed by atoms with E-state index in [4.69, 9.17) is 0 Å². The van der Waals surface area contributed by atoms with Crippen LogP contribution in [0.1, 0.15) is 33.1 Å². The van der Waals surface area contributed by atoms with Gasteiger partial charge in [-0.05, 0) is 13.3 Å². The first kappa shape index (κ1) is 8.97. The summed E-state index contributed by atoms with van der Waals surface area (Å²) in [5, 5.41) is 0. The van der Waals surface area contributed by atoms with E-state index in [1.165, 1.54) is 4.90 Å². The maximum absolute atomic E-state index is 11.2. The van der Waals surface area contributed by atoms with Crippen molar-refractivity contribution in [1.29, 1.82) is 0 Å². The van der Waals surface area contributed by atoms with Crippen LogP contribution in [0.25, 0.3) is 0 Å². The number of nitrogens with zero attached hydrogens (tertiary/aromatic N) is 1. The monoisotopic (exact) mass is 167 g/mol. The summed E-state index contributed by atoms with van der Waals surface area (Å²) in [7, 11) is 0. The Bertz CT molecular complexity index is 227. The Morgan fingerprint density at radius 2 is 1.92 bits per heavy atom.